The van der Waals surface area contributed by atoms with Crippen LogP contribution in [-0.4, -0.2) is 9.78 Å². The molecule has 2 aromatic rings. The maximum absolute atomic E-state index is 5.91. The molecule has 0 aliphatic carbocycles. The van der Waals surface area contributed by atoms with Gasteiger partial charge in [0.1, 0.15) is 12.4 Å². The Bertz CT molecular complexity index is 607. The Morgan fingerprint density at radius 2 is 2.10 bits per heavy atom. The van der Waals surface area contributed by atoms with Crippen molar-refractivity contribution in [3.05, 3.63) is 39.6 Å². The first-order valence-corrected chi connectivity index (χ1v) is 7.59. The molecular formula is C15H20BrN3O. The topological polar surface area (TPSA) is 53.1 Å². The van der Waals surface area contributed by atoms with E-state index >= 15 is 0 Å². The van der Waals surface area contributed by atoms with E-state index < -0.39 is 0 Å². The molecule has 1 aromatic carbocycles. The minimum atomic E-state index is 0.492. The quantitative estimate of drug-likeness (QED) is 0.846. The van der Waals surface area contributed by atoms with Crippen molar-refractivity contribution in [3.8, 4) is 5.75 Å². The van der Waals surface area contributed by atoms with Gasteiger partial charge in [-0.15, -0.1) is 0 Å². The standard InChI is InChI=1S/C15H20BrN3O/c1-4-12-15(16)13(19(5-2)18-12)9-20-14-7-6-11(17)8-10(14)3/h6-8H,4-5,9,17H2,1-3H3. The van der Waals surface area contributed by atoms with Gasteiger partial charge in [0, 0.05) is 12.2 Å². The largest absolute Gasteiger partial charge is 0.487 e. The fourth-order valence-electron chi connectivity index (χ4n) is 2.14. The molecule has 1 aromatic heterocycles. The maximum atomic E-state index is 5.91. The molecule has 0 saturated heterocycles. The molecule has 1 heterocycles. The molecule has 20 heavy (non-hydrogen) atoms. The summed E-state index contributed by atoms with van der Waals surface area (Å²) in [6, 6.07) is 5.68. The van der Waals surface area contributed by atoms with Crippen LogP contribution in [0.25, 0.3) is 0 Å². The lowest BCUT2D eigenvalue weighted by Gasteiger charge is -2.11. The third kappa shape index (κ3) is 2.98. The van der Waals surface area contributed by atoms with Gasteiger partial charge in [0.05, 0.1) is 15.9 Å². The van der Waals surface area contributed by atoms with E-state index in [4.69, 9.17) is 10.5 Å². The monoisotopic (exact) mass is 337 g/mol. The molecule has 2 N–H and O–H groups in total. The number of nitrogen functional groups attached to an aromatic ring is 1. The molecule has 0 amide bonds. The van der Waals surface area contributed by atoms with Gasteiger partial charge in [-0.1, -0.05) is 6.92 Å². The van der Waals surface area contributed by atoms with Crippen molar-refractivity contribution in [2.45, 2.75) is 40.3 Å². The number of aryl methyl sites for hydroxylation is 3. The molecular weight excluding hydrogens is 318 g/mol. The van der Waals surface area contributed by atoms with Crippen LogP contribution in [-0.2, 0) is 19.6 Å². The zero-order valence-electron chi connectivity index (χ0n) is 12.1. The number of ether oxygens (including phenoxy) is 1. The van der Waals surface area contributed by atoms with Crippen LogP contribution in [0.3, 0.4) is 0 Å². The van der Waals surface area contributed by atoms with E-state index in [0.717, 1.165) is 45.8 Å². The third-order valence-electron chi connectivity index (χ3n) is 3.26. The molecule has 0 fully saturated rings. The van der Waals surface area contributed by atoms with Crippen LogP contribution in [0.15, 0.2) is 22.7 Å². The lowest BCUT2D eigenvalue weighted by atomic mass is 10.2. The molecule has 0 aliphatic rings. The summed E-state index contributed by atoms with van der Waals surface area (Å²) in [7, 11) is 0. The van der Waals surface area contributed by atoms with Crippen molar-refractivity contribution in [2.24, 2.45) is 0 Å². The lowest BCUT2D eigenvalue weighted by molar-refractivity contribution is 0.290. The molecule has 0 bridgehead atoms. The average Bonchev–Trinajstić information content (AvgIpc) is 2.74. The smallest absolute Gasteiger partial charge is 0.131 e. The summed E-state index contributed by atoms with van der Waals surface area (Å²) in [4.78, 5) is 0. The van der Waals surface area contributed by atoms with E-state index in [-0.39, 0.29) is 0 Å². The van der Waals surface area contributed by atoms with E-state index in [1.54, 1.807) is 0 Å². The second kappa shape index (κ2) is 6.31. The summed E-state index contributed by atoms with van der Waals surface area (Å²) in [5, 5.41) is 4.57. The van der Waals surface area contributed by atoms with Crippen LogP contribution in [0, 0.1) is 6.92 Å². The SMILES string of the molecule is CCc1nn(CC)c(COc2ccc(N)cc2C)c1Br. The Hall–Kier alpha value is -1.49. The van der Waals surface area contributed by atoms with Crippen molar-refractivity contribution >= 4 is 21.6 Å². The van der Waals surface area contributed by atoms with Gasteiger partial charge >= 0.3 is 0 Å². The van der Waals surface area contributed by atoms with Crippen molar-refractivity contribution in [3.63, 3.8) is 0 Å². The van der Waals surface area contributed by atoms with Gasteiger partial charge in [-0.25, -0.2) is 0 Å². The van der Waals surface area contributed by atoms with Gasteiger partial charge in [0.15, 0.2) is 0 Å². The molecule has 4 nitrogen and oxygen atoms in total. The molecule has 0 radical (unpaired) electrons. The second-order valence-corrected chi connectivity index (χ2v) is 5.48. The van der Waals surface area contributed by atoms with Crippen molar-refractivity contribution < 1.29 is 4.74 Å². The molecule has 0 spiro atoms. The fourth-order valence-corrected chi connectivity index (χ4v) is 2.81. The molecule has 0 saturated carbocycles. The minimum Gasteiger partial charge on any atom is -0.487 e. The number of hydrogen-bond acceptors (Lipinski definition) is 3. The third-order valence-corrected chi connectivity index (χ3v) is 4.17. The summed E-state index contributed by atoms with van der Waals surface area (Å²) >= 11 is 3.62. The summed E-state index contributed by atoms with van der Waals surface area (Å²) in [5.41, 5.74) is 9.68. The van der Waals surface area contributed by atoms with Crippen LogP contribution in [0.5, 0.6) is 5.75 Å². The fraction of sp³-hybridized carbons (Fsp3) is 0.400. The Morgan fingerprint density at radius 3 is 2.70 bits per heavy atom. The van der Waals surface area contributed by atoms with Crippen molar-refractivity contribution in [1.82, 2.24) is 9.78 Å². The first-order valence-electron chi connectivity index (χ1n) is 6.79. The van der Waals surface area contributed by atoms with Crippen molar-refractivity contribution in [1.29, 1.82) is 0 Å². The molecule has 0 unspecified atom stereocenters. The zero-order valence-corrected chi connectivity index (χ0v) is 13.7. The molecule has 0 atom stereocenters. The zero-order chi connectivity index (χ0) is 14.7. The number of halogens is 1. The van der Waals surface area contributed by atoms with Gasteiger partial charge < -0.3 is 10.5 Å². The molecule has 0 aliphatic heterocycles. The van der Waals surface area contributed by atoms with Crippen LogP contribution < -0.4 is 10.5 Å². The maximum Gasteiger partial charge on any atom is 0.131 e. The van der Waals surface area contributed by atoms with Crippen molar-refractivity contribution in [2.75, 3.05) is 5.73 Å². The Kier molecular flexibility index (Phi) is 4.70. The molecule has 108 valence electrons. The first kappa shape index (κ1) is 14.9. The van der Waals surface area contributed by atoms with Gasteiger partial charge in [0.2, 0.25) is 0 Å². The highest BCUT2D eigenvalue weighted by atomic mass is 79.9. The molecule has 5 heteroatoms. The predicted molar refractivity (Wildman–Crippen MR) is 84.9 cm³/mol. The van der Waals surface area contributed by atoms with Gasteiger partial charge in [0.25, 0.3) is 0 Å². The van der Waals surface area contributed by atoms with E-state index in [1.165, 1.54) is 0 Å². The summed E-state index contributed by atoms with van der Waals surface area (Å²) < 4.78 is 8.95. The van der Waals surface area contributed by atoms with E-state index in [2.05, 4.69) is 34.9 Å². The van der Waals surface area contributed by atoms with Crippen LogP contribution in [0.1, 0.15) is 30.8 Å². The Labute approximate surface area is 128 Å². The van der Waals surface area contributed by atoms with E-state index in [0.29, 0.717) is 6.61 Å². The lowest BCUT2D eigenvalue weighted by Crippen LogP contribution is -2.07. The number of hydrogen-bond donors (Lipinski definition) is 1. The van der Waals surface area contributed by atoms with Gasteiger partial charge in [-0.3, -0.25) is 4.68 Å². The van der Waals surface area contributed by atoms with Gasteiger partial charge in [-0.2, -0.15) is 5.10 Å². The van der Waals surface area contributed by atoms with Crippen LogP contribution in [0.2, 0.25) is 0 Å². The Balaban J connectivity index is 2.20. The highest BCUT2D eigenvalue weighted by molar-refractivity contribution is 9.10. The predicted octanol–water partition coefficient (Wildman–Crippen LogP) is 3.70. The normalized spacial score (nSPS) is 10.8. The van der Waals surface area contributed by atoms with E-state index in [9.17, 15) is 0 Å². The summed E-state index contributed by atoms with van der Waals surface area (Å²) in [5.74, 6) is 0.855. The van der Waals surface area contributed by atoms with E-state index in [1.807, 2.05) is 29.8 Å². The number of nitrogens with two attached hydrogens (primary N) is 1. The number of nitrogens with zero attached hydrogens (tertiary/aromatic N) is 2. The first-order chi connectivity index (χ1) is 9.56. The average molecular weight is 338 g/mol. The number of aromatic nitrogens is 2. The number of rotatable bonds is 5. The van der Waals surface area contributed by atoms with Crippen LogP contribution in [0.4, 0.5) is 5.69 Å². The highest BCUT2D eigenvalue weighted by Crippen LogP contribution is 2.26. The van der Waals surface area contributed by atoms with Crippen LogP contribution >= 0.6 is 15.9 Å². The Morgan fingerprint density at radius 1 is 1.35 bits per heavy atom. The summed E-state index contributed by atoms with van der Waals surface area (Å²) in [6.45, 7) is 7.50. The second-order valence-electron chi connectivity index (χ2n) is 4.69. The number of benzene rings is 1. The van der Waals surface area contributed by atoms with Gasteiger partial charge in [-0.05, 0) is 60.0 Å². The molecule has 2 rings (SSSR count). The summed E-state index contributed by atoms with van der Waals surface area (Å²) in [6.07, 6.45) is 0.904. The minimum absolute atomic E-state index is 0.492. The highest BCUT2D eigenvalue weighted by Gasteiger charge is 2.14. The number of anilines is 1.